The molecule has 1 aliphatic heterocycles. The summed E-state index contributed by atoms with van der Waals surface area (Å²) < 4.78 is 29.8. The number of hydrogen-bond acceptors (Lipinski definition) is 5. The zero-order valence-electron chi connectivity index (χ0n) is 11.0. The lowest BCUT2D eigenvalue weighted by molar-refractivity contribution is -0.143. The average molecular weight is 293 g/mol. The number of aliphatic carboxylic acids is 1. The summed E-state index contributed by atoms with van der Waals surface area (Å²) in [5.41, 5.74) is 0. The molecule has 0 aromatic carbocycles. The first-order chi connectivity index (χ1) is 8.77. The zero-order valence-corrected chi connectivity index (χ0v) is 11.9. The van der Waals surface area contributed by atoms with Crippen LogP contribution in [0.1, 0.15) is 20.3 Å². The van der Waals surface area contributed by atoms with Gasteiger partial charge in [-0.25, -0.2) is 12.7 Å². The predicted octanol–water partition coefficient (Wildman–Crippen LogP) is -0.0781. The third-order valence-electron chi connectivity index (χ3n) is 3.16. The van der Waals surface area contributed by atoms with Gasteiger partial charge < -0.3 is 9.84 Å². The Labute approximate surface area is 112 Å². The van der Waals surface area contributed by atoms with E-state index in [4.69, 9.17) is 5.11 Å². The lowest BCUT2D eigenvalue weighted by Gasteiger charge is -2.15. The molecule has 0 aromatic heterocycles. The Hall–Kier alpha value is -1.15. The fourth-order valence-corrected chi connectivity index (χ4v) is 3.58. The highest BCUT2D eigenvalue weighted by atomic mass is 32.2. The summed E-state index contributed by atoms with van der Waals surface area (Å²) in [5, 5.41) is 8.96. The molecule has 1 fully saturated rings. The molecule has 0 spiro atoms. The molecule has 0 radical (unpaired) electrons. The topological polar surface area (TPSA) is 101 Å². The smallest absolute Gasteiger partial charge is 0.308 e. The van der Waals surface area contributed by atoms with Crippen LogP contribution in [0.25, 0.3) is 0 Å². The van der Waals surface area contributed by atoms with Gasteiger partial charge in [-0.15, -0.1) is 0 Å². The van der Waals surface area contributed by atoms with E-state index < -0.39 is 27.9 Å². The maximum Gasteiger partial charge on any atom is 0.308 e. The lowest BCUT2D eigenvalue weighted by Crippen LogP contribution is -2.32. The first kappa shape index (κ1) is 15.9. The van der Waals surface area contributed by atoms with Gasteiger partial charge in [-0.05, 0) is 12.8 Å². The standard InChI is InChI=1S/C11H19NO6S/c1-3-18-10(13)4-5-19(16,17)12-6-8(2)9(7-12)11(14)15/h8-9H,3-7H2,1-2H3,(H,14,15)/t8-,9-/m1/s1. The molecule has 0 aliphatic carbocycles. The number of carbonyl (C=O) groups is 2. The van der Waals surface area contributed by atoms with Crippen LogP contribution >= 0.6 is 0 Å². The molecule has 19 heavy (non-hydrogen) atoms. The Morgan fingerprint density at radius 2 is 2.00 bits per heavy atom. The SMILES string of the molecule is CCOC(=O)CCS(=O)(=O)N1C[C@@H](C)[C@H](C(=O)O)C1. The Kier molecular flexibility index (Phi) is 5.30. The summed E-state index contributed by atoms with van der Waals surface area (Å²) in [6.45, 7) is 3.72. The zero-order chi connectivity index (χ0) is 14.6. The van der Waals surface area contributed by atoms with Gasteiger partial charge in [-0.3, -0.25) is 9.59 Å². The number of carboxylic acid groups (broad SMARTS) is 1. The van der Waals surface area contributed by atoms with Crippen molar-refractivity contribution < 1.29 is 27.9 Å². The van der Waals surface area contributed by atoms with Gasteiger partial charge in [-0.1, -0.05) is 6.92 Å². The van der Waals surface area contributed by atoms with E-state index in [-0.39, 0.29) is 37.8 Å². The Morgan fingerprint density at radius 3 is 2.47 bits per heavy atom. The number of rotatable bonds is 6. The number of hydrogen-bond donors (Lipinski definition) is 1. The monoisotopic (exact) mass is 293 g/mol. The molecule has 0 bridgehead atoms. The predicted molar refractivity (Wildman–Crippen MR) is 66.9 cm³/mol. The van der Waals surface area contributed by atoms with E-state index in [0.717, 1.165) is 4.31 Å². The molecule has 1 heterocycles. The first-order valence-electron chi connectivity index (χ1n) is 6.14. The molecular weight excluding hydrogens is 274 g/mol. The van der Waals surface area contributed by atoms with Crippen molar-refractivity contribution in [3.63, 3.8) is 0 Å². The number of carboxylic acids is 1. The fourth-order valence-electron chi connectivity index (χ4n) is 2.05. The van der Waals surface area contributed by atoms with Crippen molar-refractivity contribution >= 4 is 22.0 Å². The maximum atomic E-state index is 12.0. The van der Waals surface area contributed by atoms with Gasteiger partial charge in [0.2, 0.25) is 10.0 Å². The van der Waals surface area contributed by atoms with Crippen molar-refractivity contribution in [1.29, 1.82) is 0 Å². The molecule has 0 saturated carbocycles. The number of ether oxygens (including phenoxy) is 1. The van der Waals surface area contributed by atoms with Crippen molar-refractivity contribution in [2.45, 2.75) is 20.3 Å². The summed E-state index contributed by atoms with van der Waals surface area (Å²) in [5.74, 6) is -2.80. The van der Waals surface area contributed by atoms with Crippen LogP contribution in [0.2, 0.25) is 0 Å². The summed E-state index contributed by atoms with van der Waals surface area (Å²) in [7, 11) is -3.60. The van der Waals surface area contributed by atoms with Crippen molar-refractivity contribution in [3.05, 3.63) is 0 Å². The maximum absolute atomic E-state index is 12.0. The highest BCUT2D eigenvalue weighted by Gasteiger charge is 2.40. The van der Waals surface area contributed by atoms with Crippen LogP contribution in [-0.4, -0.2) is 55.2 Å². The van der Waals surface area contributed by atoms with Crippen molar-refractivity contribution in [2.75, 3.05) is 25.4 Å². The van der Waals surface area contributed by atoms with Gasteiger partial charge in [0, 0.05) is 13.1 Å². The molecule has 0 amide bonds. The minimum atomic E-state index is -3.60. The van der Waals surface area contributed by atoms with Crippen LogP contribution in [0.3, 0.4) is 0 Å². The molecule has 110 valence electrons. The molecule has 2 atom stereocenters. The van der Waals surface area contributed by atoms with Gasteiger partial charge in [0.05, 0.1) is 24.7 Å². The van der Waals surface area contributed by atoms with E-state index in [1.807, 2.05) is 0 Å². The third-order valence-corrected chi connectivity index (χ3v) is 4.96. The van der Waals surface area contributed by atoms with Crippen LogP contribution in [0.5, 0.6) is 0 Å². The van der Waals surface area contributed by atoms with Crippen LogP contribution in [0.15, 0.2) is 0 Å². The molecule has 8 heteroatoms. The fraction of sp³-hybridized carbons (Fsp3) is 0.818. The Bertz CT molecular complexity index is 446. The second-order valence-corrected chi connectivity index (χ2v) is 6.70. The second-order valence-electron chi connectivity index (χ2n) is 4.61. The molecule has 0 aromatic rings. The van der Waals surface area contributed by atoms with Crippen molar-refractivity contribution in [1.82, 2.24) is 4.31 Å². The van der Waals surface area contributed by atoms with Gasteiger partial charge in [0.15, 0.2) is 0 Å². The minimum Gasteiger partial charge on any atom is -0.481 e. The van der Waals surface area contributed by atoms with Gasteiger partial charge in [0.1, 0.15) is 0 Å². The van der Waals surface area contributed by atoms with E-state index in [0.29, 0.717) is 0 Å². The lowest BCUT2D eigenvalue weighted by atomic mass is 9.99. The molecule has 1 N–H and O–H groups in total. The average Bonchev–Trinajstić information content (AvgIpc) is 2.70. The highest BCUT2D eigenvalue weighted by molar-refractivity contribution is 7.89. The summed E-state index contributed by atoms with van der Waals surface area (Å²) in [6.07, 6.45) is -0.210. The Morgan fingerprint density at radius 1 is 1.37 bits per heavy atom. The number of esters is 1. The van der Waals surface area contributed by atoms with Crippen LogP contribution in [0.4, 0.5) is 0 Å². The minimum absolute atomic E-state index is 0.0261. The molecular formula is C11H19NO6S. The number of nitrogens with zero attached hydrogens (tertiary/aromatic N) is 1. The van der Waals surface area contributed by atoms with E-state index in [9.17, 15) is 18.0 Å². The molecule has 0 unspecified atom stereocenters. The van der Waals surface area contributed by atoms with Crippen LogP contribution < -0.4 is 0 Å². The van der Waals surface area contributed by atoms with Crippen molar-refractivity contribution in [3.8, 4) is 0 Å². The largest absolute Gasteiger partial charge is 0.481 e. The molecule has 7 nitrogen and oxygen atoms in total. The van der Waals surface area contributed by atoms with E-state index >= 15 is 0 Å². The first-order valence-corrected chi connectivity index (χ1v) is 7.75. The molecule has 1 rings (SSSR count). The second kappa shape index (κ2) is 6.33. The van der Waals surface area contributed by atoms with E-state index in [1.54, 1.807) is 13.8 Å². The highest BCUT2D eigenvalue weighted by Crippen LogP contribution is 2.25. The van der Waals surface area contributed by atoms with Crippen LogP contribution in [0, 0.1) is 11.8 Å². The van der Waals surface area contributed by atoms with E-state index in [1.165, 1.54) is 0 Å². The van der Waals surface area contributed by atoms with Gasteiger partial charge in [0.25, 0.3) is 0 Å². The van der Waals surface area contributed by atoms with Gasteiger partial charge >= 0.3 is 11.9 Å². The van der Waals surface area contributed by atoms with E-state index in [2.05, 4.69) is 4.74 Å². The quantitative estimate of drug-likeness (QED) is 0.687. The Balaban J connectivity index is 2.60. The summed E-state index contributed by atoms with van der Waals surface area (Å²) in [4.78, 5) is 22.1. The summed E-state index contributed by atoms with van der Waals surface area (Å²) >= 11 is 0. The van der Waals surface area contributed by atoms with Crippen molar-refractivity contribution in [2.24, 2.45) is 11.8 Å². The number of sulfonamides is 1. The normalized spacial score (nSPS) is 24.3. The molecule has 1 aliphatic rings. The van der Waals surface area contributed by atoms with Gasteiger partial charge in [-0.2, -0.15) is 0 Å². The summed E-state index contributed by atoms with van der Waals surface area (Å²) in [6, 6.07) is 0. The van der Waals surface area contributed by atoms with Crippen LogP contribution in [-0.2, 0) is 24.3 Å². The molecule has 1 saturated heterocycles. The number of carbonyl (C=O) groups excluding carboxylic acids is 1. The third kappa shape index (κ3) is 4.17.